The van der Waals surface area contributed by atoms with Crippen molar-refractivity contribution >= 4 is 5.78 Å². The second kappa shape index (κ2) is 10.6. The van der Waals surface area contributed by atoms with Crippen molar-refractivity contribution in [3.8, 4) is 17.2 Å². The number of hydrogen-bond donors (Lipinski definition) is 0. The minimum Gasteiger partial charge on any atom is -0.497 e. The lowest BCUT2D eigenvalue weighted by molar-refractivity contribution is 0.100. The third kappa shape index (κ3) is 5.43. The molecule has 0 aromatic heterocycles. The lowest BCUT2D eigenvalue weighted by Crippen LogP contribution is -2.42. The van der Waals surface area contributed by atoms with E-state index in [9.17, 15) is 4.79 Å². The summed E-state index contributed by atoms with van der Waals surface area (Å²) in [6, 6.07) is 15.6. The van der Waals surface area contributed by atoms with Crippen LogP contribution >= 0.6 is 0 Å². The van der Waals surface area contributed by atoms with E-state index in [1.165, 1.54) is 0 Å². The summed E-state index contributed by atoms with van der Waals surface area (Å²) < 4.78 is 16.7. The van der Waals surface area contributed by atoms with Crippen LogP contribution in [0.15, 0.2) is 60.5 Å². The molecule has 170 valence electrons. The van der Waals surface area contributed by atoms with Crippen LogP contribution in [0.5, 0.6) is 17.2 Å². The van der Waals surface area contributed by atoms with Crippen molar-refractivity contribution in [2.24, 2.45) is 0 Å². The number of rotatable bonds is 9. The smallest absolute Gasteiger partial charge is 0.233 e. The number of para-hydroxylation sites is 1. The Bertz CT molecular complexity index is 933. The summed E-state index contributed by atoms with van der Waals surface area (Å²) in [5, 5.41) is 0. The lowest BCUT2D eigenvalue weighted by Gasteiger charge is -2.36. The molecule has 0 amide bonds. The largest absolute Gasteiger partial charge is 0.497 e. The van der Waals surface area contributed by atoms with Gasteiger partial charge in [0.15, 0.2) is 5.76 Å². The number of benzene rings is 2. The maximum absolute atomic E-state index is 12.5. The SMILES string of the molecule is COc1ccc(OCCCCN2CCC(N(C)/C=C3\Oc4ccccc4C3=O)CC2)cc1. The molecule has 0 aliphatic carbocycles. The number of carbonyl (C=O) groups excluding carboxylic acids is 1. The molecule has 0 saturated carbocycles. The number of nitrogens with zero attached hydrogens (tertiary/aromatic N) is 2. The molecule has 6 heteroatoms. The zero-order valence-electron chi connectivity index (χ0n) is 19.0. The quantitative estimate of drug-likeness (QED) is 0.430. The van der Waals surface area contributed by atoms with Gasteiger partial charge in [-0.05, 0) is 68.6 Å². The molecule has 0 N–H and O–H groups in total. The second-order valence-electron chi connectivity index (χ2n) is 8.39. The molecule has 32 heavy (non-hydrogen) atoms. The molecule has 0 unspecified atom stereocenters. The first-order chi connectivity index (χ1) is 15.6. The number of piperidine rings is 1. The Kier molecular flexibility index (Phi) is 7.32. The molecule has 2 aliphatic rings. The van der Waals surface area contributed by atoms with Gasteiger partial charge in [0.05, 0.1) is 19.3 Å². The van der Waals surface area contributed by atoms with Gasteiger partial charge in [0.25, 0.3) is 0 Å². The molecular formula is C26H32N2O4. The number of Topliss-reactive ketones (excluding diaryl/α,β-unsaturated/α-hetero) is 1. The van der Waals surface area contributed by atoms with Crippen LogP contribution in [0.25, 0.3) is 0 Å². The Labute approximate surface area is 190 Å². The molecule has 0 radical (unpaired) electrons. The van der Waals surface area contributed by atoms with Gasteiger partial charge in [-0.1, -0.05) is 12.1 Å². The minimum absolute atomic E-state index is 0.0262. The number of fused-ring (bicyclic) bond motifs is 1. The second-order valence-corrected chi connectivity index (χ2v) is 8.39. The summed E-state index contributed by atoms with van der Waals surface area (Å²) in [5.74, 6) is 2.78. The van der Waals surface area contributed by atoms with Crippen LogP contribution in [0.2, 0.25) is 0 Å². The number of ketones is 1. The predicted octanol–water partition coefficient (Wildman–Crippen LogP) is 4.37. The van der Waals surface area contributed by atoms with E-state index in [0.717, 1.165) is 63.4 Å². The van der Waals surface area contributed by atoms with Crippen molar-refractivity contribution in [1.82, 2.24) is 9.80 Å². The monoisotopic (exact) mass is 436 g/mol. The van der Waals surface area contributed by atoms with Gasteiger partial charge in [-0.25, -0.2) is 0 Å². The Morgan fingerprint density at radius 3 is 2.50 bits per heavy atom. The maximum Gasteiger partial charge on any atom is 0.233 e. The van der Waals surface area contributed by atoms with Crippen molar-refractivity contribution in [3.63, 3.8) is 0 Å². The summed E-state index contributed by atoms with van der Waals surface area (Å²) in [6.07, 6.45) is 6.21. The average Bonchev–Trinajstić information content (AvgIpc) is 3.15. The van der Waals surface area contributed by atoms with E-state index in [1.807, 2.05) is 61.8 Å². The highest BCUT2D eigenvalue weighted by Crippen LogP contribution is 2.31. The first kappa shape index (κ1) is 22.2. The van der Waals surface area contributed by atoms with Gasteiger partial charge < -0.3 is 24.0 Å². The first-order valence-corrected chi connectivity index (χ1v) is 11.4. The number of methoxy groups -OCH3 is 1. The van der Waals surface area contributed by atoms with Gasteiger partial charge in [0.2, 0.25) is 5.78 Å². The van der Waals surface area contributed by atoms with Crippen LogP contribution in [0.3, 0.4) is 0 Å². The van der Waals surface area contributed by atoms with Crippen molar-refractivity contribution < 1.29 is 19.0 Å². The molecule has 2 aromatic rings. The third-order valence-corrected chi connectivity index (χ3v) is 6.23. The summed E-state index contributed by atoms with van der Waals surface area (Å²) in [6.45, 7) is 3.98. The van der Waals surface area contributed by atoms with E-state index in [-0.39, 0.29) is 5.78 Å². The molecule has 1 saturated heterocycles. The fourth-order valence-electron chi connectivity index (χ4n) is 4.27. The number of hydrogen-bond acceptors (Lipinski definition) is 6. The van der Waals surface area contributed by atoms with Crippen molar-refractivity contribution in [2.75, 3.05) is 40.4 Å². The van der Waals surface area contributed by atoms with Crippen LogP contribution < -0.4 is 14.2 Å². The topological polar surface area (TPSA) is 51.2 Å². The van der Waals surface area contributed by atoms with Crippen molar-refractivity contribution in [2.45, 2.75) is 31.7 Å². The van der Waals surface area contributed by atoms with E-state index in [4.69, 9.17) is 14.2 Å². The molecule has 0 bridgehead atoms. The fourth-order valence-corrected chi connectivity index (χ4v) is 4.27. The van der Waals surface area contributed by atoms with E-state index in [1.54, 1.807) is 7.11 Å². The molecule has 2 heterocycles. The van der Waals surface area contributed by atoms with Crippen LogP contribution in [0.4, 0.5) is 0 Å². The highest BCUT2D eigenvalue weighted by atomic mass is 16.5. The van der Waals surface area contributed by atoms with E-state index in [2.05, 4.69) is 9.80 Å². The van der Waals surface area contributed by atoms with Gasteiger partial charge in [0.1, 0.15) is 17.2 Å². The van der Waals surface area contributed by atoms with Gasteiger partial charge in [-0.3, -0.25) is 4.79 Å². The molecule has 2 aromatic carbocycles. The van der Waals surface area contributed by atoms with Crippen LogP contribution in [-0.2, 0) is 0 Å². The van der Waals surface area contributed by atoms with Crippen LogP contribution in [0.1, 0.15) is 36.0 Å². The fraction of sp³-hybridized carbons (Fsp3) is 0.423. The summed E-state index contributed by atoms with van der Waals surface area (Å²) in [5.41, 5.74) is 0.651. The van der Waals surface area contributed by atoms with E-state index in [0.29, 0.717) is 23.1 Å². The maximum atomic E-state index is 12.5. The number of allylic oxidation sites excluding steroid dienone is 1. The Hall–Kier alpha value is -2.99. The molecular weight excluding hydrogens is 404 g/mol. The van der Waals surface area contributed by atoms with Crippen LogP contribution in [0, 0.1) is 0 Å². The molecule has 6 nitrogen and oxygen atoms in total. The lowest BCUT2D eigenvalue weighted by atomic mass is 10.0. The van der Waals surface area contributed by atoms with Crippen molar-refractivity contribution in [3.05, 3.63) is 66.1 Å². The minimum atomic E-state index is -0.0262. The Morgan fingerprint density at radius 1 is 1.06 bits per heavy atom. The highest BCUT2D eigenvalue weighted by Gasteiger charge is 2.28. The summed E-state index contributed by atoms with van der Waals surface area (Å²) in [4.78, 5) is 17.2. The number of unbranched alkanes of at least 4 members (excludes halogenated alkanes) is 1. The van der Waals surface area contributed by atoms with Crippen LogP contribution in [-0.4, -0.2) is 62.0 Å². The highest BCUT2D eigenvalue weighted by molar-refractivity contribution is 6.12. The normalized spacial score (nSPS) is 17.8. The van der Waals surface area contributed by atoms with E-state index >= 15 is 0 Å². The zero-order valence-corrected chi connectivity index (χ0v) is 19.0. The van der Waals surface area contributed by atoms with Gasteiger partial charge in [-0.15, -0.1) is 0 Å². The van der Waals surface area contributed by atoms with Gasteiger partial charge in [-0.2, -0.15) is 0 Å². The zero-order chi connectivity index (χ0) is 22.3. The molecule has 2 aliphatic heterocycles. The molecule has 4 rings (SSSR count). The molecule has 0 atom stereocenters. The molecule has 0 spiro atoms. The molecule has 1 fully saturated rings. The van der Waals surface area contributed by atoms with Gasteiger partial charge >= 0.3 is 0 Å². The Balaban J connectivity index is 1.14. The number of ether oxygens (including phenoxy) is 3. The summed E-state index contributed by atoms with van der Waals surface area (Å²) in [7, 11) is 3.71. The predicted molar refractivity (Wildman–Crippen MR) is 124 cm³/mol. The first-order valence-electron chi connectivity index (χ1n) is 11.4. The third-order valence-electron chi connectivity index (χ3n) is 6.23. The average molecular weight is 437 g/mol. The number of carbonyl (C=O) groups is 1. The Morgan fingerprint density at radius 2 is 1.78 bits per heavy atom. The number of likely N-dealkylation sites (tertiary alicyclic amines) is 1. The van der Waals surface area contributed by atoms with E-state index < -0.39 is 0 Å². The summed E-state index contributed by atoms with van der Waals surface area (Å²) >= 11 is 0. The standard InChI is InChI=1S/C26H32N2O4/c1-27(19-25-26(29)23-7-3-4-8-24(23)32-25)20-13-16-28(17-14-20)15-5-6-18-31-22-11-9-21(30-2)10-12-22/h3-4,7-12,19-20H,5-6,13-18H2,1-2H3/b25-19-. The van der Waals surface area contributed by atoms with Gasteiger partial charge in [0, 0.05) is 32.4 Å². The van der Waals surface area contributed by atoms with Crippen molar-refractivity contribution in [1.29, 1.82) is 0 Å².